The predicted molar refractivity (Wildman–Crippen MR) is 131 cm³/mol. The largest absolute Gasteiger partial charge is 0.385 e. The number of ether oxygens (including phenoxy) is 2. The molecule has 1 fully saturated rings. The molecule has 0 radical (unpaired) electrons. The average Bonchev–Trinajstić information content (AvgIpc) is 3.16. The van der Waals surface area contributed by atoms with Gasteiger partial charge in [-0.3, -0.25) is 9.89 Å². The minimum absolute atomic E-state index is 0. The number of halogens is 1. The molecule has 1 unspecified atom stereocenters. The lowest BCUT2D eigenvalue weighted by atomic mass is 10.2. The van der Waals surface area contributed by atoms with Crippen LogP contribution >= 0.6 is 24.0 Å². The number of aryl methyl sites for hydroxylation is 1. The highest BCUT2D eigenvalue weighted by Gasteiger charge is 2.20. The Bertz CT molecular complexity index is 597. The maximum atomic E-state index is 5.93. The van der Waals surface area contributed by atoms with Crippen molar-refractivity contribution in [2.45, 2.75) is 46.3 Å². The zero-order chi connectivity index (χ0) is 20.9. The van der Waals surface area contributed by atoms with Gasteiger partial charge >= 0.3 is 0 Å². The van der Waals surface area contributed by atoms with Crippen LogP contribution in [-0.4, -0.2) is 91.3 Å². The van der Waals surface area contributed by atoms with Crippen molar-refractivity contribution in [3.8, 4) is 0 Å². The summed E-state index contributed by atoms with van der Waals surface area (Å²) in [6.07, 6.45) is 3.74. The van der Waals surface area contributed by atoms with Crippen LogP contribution in [0.2, 0.25) is 0 Å². The number of morpholine rings is 1. The number of hydrogen-bond acceptors (Lipinski definition) is 6. The molecule has 0 aliphatic carbocycles. The molecule has 2 rings (SSSR count). The van der Waals surface area contributed by atoms with Crippen LogP contribution in [0.15, 0.2) is 11.3 Å². The number of rotatable bonds is 12. The highest BCUT2D eigenvalue weighted by Crippen LogP contribution is 2.08. The molecule has 9 nitrogen and oxygen atoms in total. The number of nitrogens with zero attached hydrogens (tertiary/aromatic N) is 5. The van der Waals surface area contributed by atoms with E-state index >= 15 is 0 Å². The molecule has 0 aromatic carbocycles. The van der Waals surface area contributed by atoms with Crippen molar-refractivity contribution < 1.29 is 9.47 Å². The second-order valence-electron chi connectivity index (χ2n) is 7.83. The number of guanidine groups is 1. The summed E-state index contributed by atoms with van der Waals surface area (Å²) >= 11 is 0. The molecular weight excluding hydrogens is 497 g/mol. The van der Waals surface area contributed by atoms with Crippen LogP contribution in [0, 0.1) is 5.92 Å². The van der Waals surface area contributed by atoms with Crippen LogP contribution in [0.3, 0.4) is 0 Å². The molecule has 0 saturated carbocycles. The SMILES string of the molecule is CCc1nncn1CCNC(=NCC1CN(CC(C)C)CCO1)NCCCOC.I. The lowest BCUT2D eigenvalue weighted by Gasteiger charge is -2.33. The first kappa shape index (κ1) is 27.1. The molecule has 1 aromatic heterocycles. The summed E-state index contributed by atoms with van der Waals surface area (Å²) in [5, 5.41) is 14.9. The Morgan fingerprint density at radius 3 is 2.90 bits per heavy atom. The Labute approximate surface area is 198 Å². The third-order valence-corrected chi connectivity index (χ3v) is 4.77. The number of hydrogen-bond donors (Lipinski definition) is 2. The van der Waals surface area contributed by atoms with Gasteiger partial charge in [0, 0.05) is 59.4 Å². The fourth-order valence-corrected chi connectivity index (χ4v) is 3.40. The normalized spacial score (nSPS) is 17.8. The van der Waals surface area contributed by atoms with Crippen LogP contribution in [0.4, 0.5) is 0 Å². The fourth-order valence-electron chi connectivity index (χ4n) is 3.40. The van der Waals surface area contributed by atoms with Gasteiger partial charge in [-0.05, 0) is 12.3 Å². The predicted octanol–water partition coefficient (Wildman–Crippen LogP) is 1.39. The van der Waals surface area contributed by atoms with Crippen molar-refractivity contribution in [1.29, 1.82) is 0 Å². The zero-order valence-corrected chi connectivity index (χ0v) is 21.3. The van der Waals surface area contributed by atoms with Gasteiger partial charge in [-0.1, -0.05) is 20.8 Å². The summed E-state index contributed by atoms with van der Waals surface area (Å²) in [5.41, 5.74) is 0. The van der Waals surface area contributed by atoms with Gasteiger partial charge in [-0.15, -0.1) is 34.2 Å². The Morgan fingerprint density at radius 2 is 2.17 bits per heavy atom. The van der Waals surface area contributed by atoms with E-state index in [9.17, 15) is 0 Å². The standard InChI is InChI=1S/C20H39N7O2.HI/c1-5-19-25-24-16-27(19)9-8-22-20(21-7-6-11-28-4)23-13-18-15-26(10-12-29-18)14-17(2)3;/h16-18H,5-15H2,1-4H3,(H2,21,22,23);1H. The van der Waals surface area contributed by atoms with E-state index in [2.05, 4.69) is 51.1 Å². The topological polar surface area (TPSA) is 88.8 Å². The highest BCUT2D eigenvalue weighted by atomic mass is 127. The lowest BCUT2D eigenvalue weighted by Crippen LogP contribution is -2.46. The van der Waals surface area contributed by atoms with E-state index in [1.165, 1.54) is 0 Å². The van der Waals surface area contributed by atoms with Gasteiger partial charge in [-0.25, -0.2) is 0 Å². The average molecular weight is 537 g/mol. The van der Waals surface area contributed by atoms with E-state index in [1.807, 2.05) is 0 Å². The van der Waals surface area contributed by atoms with E-state index in [4.69, 9.17) is 14.5 Å². The van der Waals surface area contributed by atoms with Crippen LogP contribution in [-0.2, 0) is 22.4 Å². The molecule has 1 aromatic rings. The number of aliphatic imine (C=N–C) groups is 1. The summed E-state index contributed by atoms with van der Waals surface area (Å²) in [7, 11) is 1.72. The van der Waals surface area contributed by atoms with Gasteiger partial charge in [0.1, 0.15) is 12.2 Å². The second-order valence-corrected chi connectivity index (χ2v) is 7.83. The molecule has 1 aliphatic rings. The minimum Gasteiger partial charge on any atom is -0.385 e. The minimum atomic E-state index is 0. The first-order chi connectivity index (χ1) is 14.1. The molecule has 1 aliphatic heterocycles. The van der Waals surface area contributed by atoms with Gasteiger partial charge in [0.2, 0.25) is 0 Å². The monoisotopic (exact) mass is 537 g/mol. The molecule has 2 heterocycles. The van der Waals surface area contributed by atoms with Crippen molar-refractivity contribution in [2.75, 3.05) is 59.6 Å². The molecule has 10 heteroatoms. The van der Waals surface area contributed by atoms with E-state index in [1.54, 1.807) is 13.4 Å². The first-order valence-corrected chi connectivity index (χ1v) is 10.8. The van der Waals surface area contributed by atoms with E-state index in [-0.39, 0.29) is 30.1 Å². The maximum Gasteiger partial charge on any atom is 0.191 e. The Hall–Kier alpha value is -0.980. The summed E-state index contributed by atoms with van der Waals surface area (Å²) in [6.45, 7) is 14.2. The van der Waals surface area contributed by atoms with Crippen LogP contribution < -0.4 is 10.6 Å². The van der Waals surface area contributed by atoms with Gasteiger partial charge < -0.3 is 24.7 Å². The van der Waals surface area contributed by atoms with Crippen molar-refractivity contribution in [2.24, 2.45) is 10.9 Å². The van der Waals surface area contributed by atoms with Crippen LogP contribution in [0.25, 0.3) is 0 Å². The maximum absolute atomic E-state index is 5.93. The molecule has 2 N–H and O–H groups in total. The third-order valence-electron chi connectivity index (χ3n) is 4.77. The zero-order valence-electron chi connectivity index (χ0n) is 19.0. The molecule has 0 spiro atoms. The van der Waals surface area contributed by atoms with E-state index in [0.717, 1.165) is 77.1 Å². The number of nitrogens with one attached hydrogen (secondary N) is 2. The molecule has 1 atom stereocenters. The third kappa shape index (κ3) is 10.4. The van der Waals surface area contributed by atoms with Crippen molar-refractivity contribution >= 4 is 29.9 Å². The Kier molecular flexibility index (Phi) is 14.2. The summed E-state index contributed by atoms with van der Waals surface area (Å²) in [6, 6.07) is 0. The van der Waals surface area contributed by atoms with Crippen LogP contribution in [0.1, 0.15) is 33.0 Å². The lowest BCUT2D eigenvalue weighted by molar-refractivity contribution is -0.0261. The second kappa shape index (κ2) is 15.8. The Morgan fingerprint density at radius 1 is 1.37 bits per heavy atom. The van der Waals surface area contributed by atoms with Gasteiger partial charge in [0.25, 0.3) is 0 Å². The quantitative estimate of drug-likeness (QED) is 0.180. The molecule has 1 saturated heterocycles. The van der Waals surface area contributed by atoms with Gasteiger partial charge in [-0.2, -0.15) is 0 Å². The summed E-state index contributed by atoms with van der Waals surface area (Å²) < 4.78 is 13.1. The smallest absolute Gasteiger partial charge is 0.191 e. The fraction of sp³-hybridized carbons (Fsp3) is 0.850. The van der Waals surface area contributed by atoms with Crippen molar-refractivity contribution in [3.05, 3.63) is 12.2 Å². The van der Waals surface area contributed by atoms with E-state index < -0.39 is 0 Å². The van der Waals surface area contributed by atoms with Crippen molar-refractivity contribution in [1.82, 2.24) is 30.3 Å². The summed E-state index contributed by atoms with van der Waals surface area (Å²) in [5.74, 6) is 2.48. The van der Waals surface area contributed by atoms with Gasteiger partial charge in [0.15, 0.2) is 5.96 Å². The Balaban J connectivity index is 0.00000450. The van der Waals surface area contributed by atoms with Gasteiger partial charge in [0.05, 0.1) is 19.3 Å². The van der Waals surface area contributed by atoms with Crippen molar-refractivity contribution in [3.63, 3.8) is 0 Å². The molecule has 30 heavy (non-hydrogen) atoms. The first-order valence-electron chi connectivity index (χ1n) is 10.8. The molecule has 0 amide bonds. The van der Waals surface area contributed by atoms with Crippen LogP contribution in [0.5, 0.6) is 0 Å². The molecular formula is C20H40IN7O2. The molecule has 174 valence electrons. The molecule has 0 bridgehead atoms. The van der Waals surface area contributed by atoms with E-state index in [0.29, 0.717) is 12.5 Å². The summed E-state index contributed by atoms with van der Waals surface area (Å²) in [4.78, 5) is 7.26. The number of methoxy groups -OCH3 is 1. The highest BCUT2D eigenvalue weighted by molar-refractivity contribution is 14.0. The number of aromatic nitrogens is 3.